The lowest BCUT2D eigenvalue weighted by Gasteiger charge is -2.32. The largest absolute Gasteiger partial charge is 0.349 e. The van der Waals surface area contributed by atoms with Crippen LogP contribution in [0.3, 0.4) is 0 Å². The Morgan fingerprint density at radius 2 is 2.06 bits per heavy atom. The Morgan fingerprint density at radius 1 is 1.50 bits per heavy atom. The van der Waals surface area contributed by atoms with E-state index in [1.165, 1.54) is 0 Å². The number of hydrogen-bond acceptors (Lipinski definition) is 2. The van der Waals surface area contributed by atoms with Crippen LogP contribution in [0, 0.1) is 11.8 Å². The van der Waals surface area contributed by atoms with Gasteiger partial charge in [0.15, 0.2) is 0 Å². The molecule has 1 rings (SSSR count). The lowest BCUT2D eigenvalue weighted by atomic mass is 9.90. The zero-order valence-electron chi connectivity index (χ0n) is 10.6. The first-order valence-electron chi connectivity index (χ1n) is 6.14. The molecule has 92 valence electrons. The van der Waals surface area contributed by atoms with E-state index >= 15 is 0 Å². The van der Waals surface area contributed by atoms with Crippen LogP contribution in [0.1, 0.15) is 40.0 Å². The minimum Gasteiger partial charge on any atom is -0.349 e. The second kappa shape index (κ2) is 5.48. The fourth-order valence-corrected chi connectivity index (χ4v) is 2.32. The quantitative estimate of drug-likeness (QED) is 0.700. The second-order valence-electron chi connectivity index (χ2n) is 5.49. The Bertz CT molecular complexity index is 265. The molecule has 0 aromatic carbocycles. The molecule has 3 heteroatoms. The molecular weight excluding hydrogens is 200 g/mol. The zero-order chi connectivity index (χ0) is 12.2. The van der Waals surface area contributed by atoms with Crippen molar-refractivity contribution in [2.24, 2.45) is 17.6 Å². The van der Waals surface area contributed by atoms with Crippen LogP contribution in [0.2, 0.25) is 0 Å². The first-order valence-corrected chi connectivity index (χ1v) is 6.14. The van der Waals surface area contributed by atoms with E-state index in [4.69, 9.17) is 5.73 Å². The third-order valence-electron chi connectivity index (χ3n) is 3.11. The van der Waals surface area contributed by atoms with Gasteiger partial charge in [-0.15, -0.1) is 0 Å². The molecule has 1 atom stereocenters. The molecular formula is C13H24N2O. The van der Waals surface area contributed by atoms with E-state index in [2.05, 4.69) is 31.3 Å². The highest BCUT2D eigenvalue weighted by Gasteiger charge is 2.29. The maximum atomic E-state index is 12.0. The Labute approximate surface area is 98.5 Å². The Morgan fingerprint density at radius 3 is 2.50 bits per heavy atom. The number of nitrogens with one attached hydrogen (secondary N) is 1. The first-order chi connectivity index (χ1) is 7.47. The van der Waals surface area contributed by atoms with Gasteiger partial charge in [0.05, 0.1) is 0 Å². The van der Waals surface area contributed by atoms with Gasteiger partial charge >= 0.3 is 0 Å². The SMILES string of the molecule is CC(C)CC(C)(CN)NC(=O)C1CC=CC1. The summed E-state index contributed by atoms with van der Waals surface area (Å²) >= 11 is 0. The van der Waals surface area contributed by atoms with Gasteiger partial charge in [-0.3, -0.25) is 4.79 Å². The number of allylic oxidation sites excluding steroid dienone is 2. The fourth-order valence-electron chi connectivity index (χ4n) is 2.32. The van der Waals surface area contributed by atoms with Crippen LogP contribution in [0.25, 0.3) is 0 Å². The van der Waals surface area contributed by atoms with Crippen LogP contribution in [-0.4, -0.2) is 18.0 Å². The summed E-state index contributed by atoms with van der Waals surface area (Å²) in [5, 5.41) is 3.11. The summed E-state index contributed by atoms with van der Waals surface area (Å²) in [5.41, 5.74) is 5.52. The third-order valence-corrected chi connectivity index (χ3v) is 3.11. The van der Waals surface area contributed by atoms with Crippen molar-refractivity contribution in [2.75, 3.05) is 6.54 Å². The number of rotatable bonds is 5. The van der Waals surface area contributed by atoms with Gasteiger partial charge in [-0.25, -0.2) is 0 Å². The first kappa shape index (κ1) is 13.2. The van der Waals surface area contributed by atoms with Crippen LogP contribution in [0.5, 0.6) is 0 Å². The molecule has 0 saturated carbocycles. The number of nitrogens with two attached hydrogens (primary N) is 1. The van der Waals surface area contributed by atoms with E-state index < -0.39 is 0 Å². The smallest absolute Gasteiger partial charge is 0.224 e. The average Bonchev–Trinajstić information content (AvgIpc) is 2.69. The summed E-state index contributed by atoms with van der Waals surface area (Å²) in [6, 6.07) is 0. The highest BCUT2D eigenvalue weighted by Crippen LogP contribution is 2.21. The molecule has 0 spiro atoms. The molecule has 0 aliphatic heterocycles. The van der Waals surface area contributed by atoms with Crippen molar-refractivity contribution in [3.05, 3.63) is 12.2 Å². The second-order valence-corrected chi connectivity index (χ2v) is 5.49. The molecule has 0 fully saturated rings. The molecule has 1 amide bonds. The van der Waals surface area contributed by atoms with Crippen LogP contribution in [0.15, 0.2) is 12.2 Å². The molecule has 0 radical (unpaired) electrons. The van der Waals surface area contributed by atoms with Crippen molar-refractivity contribution >= 4 is 5.91 Å². The summed E-state index contributed by atoms with van der Waals surface area (Å²) in [5.74, 6) is 0.812. The third kappa shape index (κ3) is 3.63. The van der Waals surface area contributed by atoms with Gasteiger partial charge in [0, 0.05) is 18.0 Å². The van der Waals surface area contributed by atoms with E-state index in [0.29, 0.717) is 12.5 Å². The maximum absolute atomic E-state index is 12.0. The lowest BCUT2D eigenvalue weighted by molar-refractivity contribution is -0.126. The number of carbonyl (C=O) groups excluding carboxylic acids is 1. The lowest BCUT2D eigenvalue weighted by Crippen LogP contribution is -2.53. The van der Waals surface area contributed by atoms with Gasteiger partial charge in [-0.1, -0.05) is 26.0 Å². The van der Waals surface area contributed by atoms with Crippen LogP contribution in [-0.2, 0) is 4.79 Å². The minimum atomic E-state index is -0.256. The maximum Gasteiger partial charge on any atom is 0.224 e. The molecule has 0 bridgehead atoms. The predicted molar refractivity (Wildman–Crippen MR) is 66.9 cm³/mol. The fraction of sp³-hybridized carbons (Fsp3) is 0.769. The monoisotopic (exact) mass is 224 g/mol. The van der Waals surface area contributed by atoms with Gasteiger partial charge in [0.1, 0.15) is 0 Å². The minimum absolute atomic E-state index is 0.123. The van der Waals surface area contributed by atoms with Crippen LogP contribution < -0.4 is 11.1 Å². The van der Waals surface area contributed by atoms with Crippen LogP contribution in [0.4, 0.5) is 0 Å². The Hall–Kier alpha value is -0.830. The normalized spacial score (nSPS) is 20.1. The predicted octanol–water partition coefficient (Wildman–Crippen LogP) is 1.83. The van der Waals surface area contributed by atoms with Gasteiger partial charge in [0.25, 0.3) is 0 Å². The highest BCUT2D eigenvalue weighted by molar-refractivity contribution is 5.80. The van der Waals surface area contributed by atoms with E-state index in [1.807, 2.05) is 6.92 Å². The molecule has 0 aromatic rings. The van der Waals surface area contributed by atoms with Crippen LogP contribution >= 0.6 is 0 Å². The Balaban J connectivity index is 2.51. The molecule has 16 heavy (non-hydrogen) atoms. The van der Waals surface area contributed by atoms with Gasteiger partial charge in [0.2, 0.25) is 5.91 Å². The summed E-state index contributed by atoms with van der Waals surface area (Å²) in [4.78, 5) is 12.0. The summed E-state index contributed by atoms with van der Waals surface area (Å²) in [7, 11) is 0. The molecule has 0 aromatic heterocycles. The molecule has 1 unspecified atom stereocenters. The summed E-state index contributed by atoms with van der Waals surface area (Å²) in [6.45, 7) is 6.83. The zero-order valence-corrected chi connectivity index (χ0v) is 10.6. The topological polar surface area (TPSA) is 55.1 Å². The van der Waals surface area contributed by atoms with Crippen molar-refractivity contribution in [3.63, 3.8) is 0 Å². The van der Waals surface area contributed by atoms with Crippen molar-refractivity contribution in [3.8, 4) is 0 Å². The molecule has 3 nitrogen and oxygen atoms in total. The van der Waals surface area contributed by atoms with E-state index in [9.17, 15) is 4.79 Å². The van der Waals surface area contributed by atoms with E-state index in [0.717, 1.165) is 19.3 Å². The number of amides is 1. The molecule has 1 aliphatic rings. The van der Waals surface area contributed by atoms with E-state index in [-0.39, 0.29) is 17.4 Å². The van der Waals surface area contributed by atoms with Crippen molar-refractivity contribution in [2.45, 2.75) is 45.6 Å². The molecule has 3 N–H and O–H groups in total. The highest BCUT2D eigenvalue weighted by atomic mass is 16.2. The average molecular weight is 224 g/mol. The summed E-state index contributed by atoms with van der Waals surface area (Å²) < 4.78 is 0. The molecule has 0 saturated heterocycles. The Kier molecular flexibility index (Phi) is 4.54. The van der Waals surface area contributed by atoms with Crippen molar-refractivity contribution < 1.29 is 4.79 Å². The number of carbonyl (C=O) groups is 1. The molecule has 0 heterocycles. The number of hydrogen-bond donors (Lipinski definition) is 2. The van der Waals surface area contributed by atoms with E-state index in [1.54, 1.807) is 0 Å². The van der Waals surface area contributed by atoms with Gasteiger partial charge in [-0.05, 0) is 32.1 Å². The standard InChI is InChI=1S/C13H24N2O/c1-10(2)8-13(3,9-14)15-12(16)11-6-4-5-7-11/h4-5,10-11H,6-9,14H2,1-3H3,(H,15,16). The molecule has 1 aliphatic carbocycles. The van der Waals surface area contributed by atoms with Crippen molar-refractivity contribution in [1.82, 2.24) is 5.32 Å². The van der Waals surface area contributed by atoms with Gasteiger partial charge < -0.3 is 11.1 Å². The van der Waals surface area contributed by atoms with Crippen molar-refractivity contribution in [1.29, 1.82) is 0 Å². The van der Waals surface area contributed by atoms with Gasteiger partial charge in [-0.2, -0.15) is 0 Å². The summed E-state index contributed by atoms with van der Waals surface area (Å²) in [6.07, 6.45) is 6.82.